The molecule has 0 unspecified atom stereocenters. The largest absolute Gasteiger partial charge is 0.373 e. The maximum atomic E-state index is 11.2. The molecule has 5 heteroatoms. The highest BCUT2D eigenvalue weighted by Crippen LogP contribution is 2.38. The van der Waals surface area contributed by atoms with Gasteiger partial charge in [0.2, 0.25) is 0 Å². The zero-order chi connectivity index (χ0) is 10.0. The summed E-state index contributed by atoms with van der Waals surface area (Å²) >= 11 is 0. The van der Waals surface area contributed by atoms with Gasteiger partial charge in [0.25, 0.3) is 0 Å². The molecule has 0 bridgehead atoms. The molecule has 1 saturated carbocycles. The first-order valence-corrected chi connectivity index (χ1v) is 4.94. The third kappa shape index (κ3) is 1.75. The Hall–Kier alpha value is -0.650. The average Bonchev–Trinajstić information content (AvgIpc) is 2.65. The topological polar surface area (TPSA) is 70.8 Å². The van der Waals surface area contributed by atoms with Gasteiger partial charge in [0.15, 0.2) is 5.79 Å². The number of ether oxygens (including phenoxy) is 2. The van der Waals surface area contributed by atoms with E-state index in [0.29, 0.717) is 19.6 Å². The maximum Gasteiger partial charge on any atom is 0.327 e. The van der Waals surface area contributed by atoms with Crippen molar-refractivity contribution in [2.45, 2.75) is 31.5 Å². The van der Waals surface area contributed by atoms with E-state index >= 15 is 0 Å². The van der Waals surface area contributed by atoms with Gasteiger partial charge in [-0.2, -0.15) is 5.90 Å². The molecule has 0 aromatic rings. The monoisotopic (exact) mass is 201 g/mol. The first-order chi connectivity index (χ1) is 6.76. The van der Waals surface area contributed by atoms with Crippen LogP contribution in [0.5, 0.6) is 0 Å². The van der Waals surface area contributed by atoms with E-state index < -0.39 is 5.79 Å². The van der Waals surface area contributed by atoms with Crippen LogP contribution in [-0.2, 0) is 19.1 Å². The second kappa shape index (κ2) is 3.84. The van der Waals surface area contributed by atoms with Crippen molar-refractivity contribution in [1.82, 2.24) is 0 Å². The van der Waals surface area contributed by atoms with Gasteiger partial charge in [0.1, 0.15) is 0 Å². The molecular weight excluding hydrogens is 186 g/mol. The van der Waals surface area contributed by atoms with Crippen molar-refractivity contribution in [2.75, 3.05) is 13.2 Å². The van der Waals surface area contributed by atoms with Gasteiger partial charge in [-0.05, 0) is 12.8 Å². The van der Waals surface area contributed by atoms with Crippen LogP contribution in [0.4, 0.5) is 0 Å². The molecule has 0 amide bonds. The molecule has 1 saturated heterocycles. The number of hydrogen-bond acceptors (Lipinski definition) is 5. The molecular formula is C9H15NO4. The Morgan fingerprint density at radius 3 is 2.79 bits per heavy atom. The second-order valence-corrected chi connectivity index (χ2v) is 3.84. The van der Waals surface area contributed by atoms with Crippen LogP contribution in [0.15, 0.2) is 0 Å². The molecule has 2 fully saturated rings. The van der Waals surface area contributed by atoms with Crippen LogP contribution < -0.4 is 5.90 Å². The Kier molecular flexibility index (Phi) is 2.71. The van der Waals surface area contributed by atoms with E-state index in [-0.39, 0.29) is 11.9 Å². The van der Waals surface area contributed by atoms with E-state index in [1.807, 2.05) is 0 Å². The number of nitrogens with two attached hydrogens (primary N) is 1. The summed E-state index contributed by atoms with van der Waals surface area (Å²) in [6, 6.07) is 0. The summed E-state index contributed by atoms with van der Waals surface area (Å²) in [7, 11) is 0. The van der Waals surface area contributed by atoms with E-state index in [4.69, 9.17) is 15.4 Å². The lowest BCUT2D eigenvalue weighted by Crippen LogP contribution is -2.39. The molecule has 80 valence electrons. The SMILES string of the molecule is NOC(=O)[C@H]1CCCC2(C1)OCCO2. The number of carbonyl (C=O) groups is 1. The summed E-state index contributed by atoms with van der Waals surface area (Å²) in [5, 5.41) is 0. The molecule has 2 aliphatic rings. The Balaban J connectivity index is 1.99. The molecule has 0 aromatic carbocycles. The van der Waals surface area contributed by atoms with Crippen molar-refractivity contribution in [2.24, 2.45) is 11.8 Å². The fourth-order valence-electron chi connectivity index (χ4n) is 2.25. The van der Waals surface area contributed by atoms with Gasteiger partial charge in [0.05, 0.1) is 19.1 Å². The van der Waals surface area contributed by atoms with Gasteiger partial charge in [-0.3, -0.25) is 4.79 Å². The molecule has 1 aliphatic carbocycles. The molecule has 0 radical (unpaired) electrons. The smallest absolute Gasteiger partial charge is 0.327 e. The Labute approximate surface area is 82.4 Å². The Morgan fingerprint density at radius 2 is 2.14 bits per heavy atom. The summed E-state index contributed by atoms with van der Waals surface area (Å²) in [4.78, 5) is 15.5. The second-order valence-electron chi connectivity index (χ2n) is 3.84. The van der Waals surface area contributed by atoms with E-state index in [9.17, 15) is 4.79 Å². The highest BCUT2D eigenvalue weighted by molar-refractivity contribution is 5.72. The predicted octanol–water partition coefficient (Wildman–Crippen LogP) is 0.337. The quantitative estimate of drug-likeness (QED) is 0.619. The van der Waals surface area contributed by atoms with Gasteiger partial charge >= 0.3 is 5.97 Å². The summed E-state index contributed by atoms with van der Waals surface area (Å²) in [6.45, 7) is 1.23. The molecule has 2 N–H and O–H groups in total. The van der Waals surface area contributed by atoms with Gasteiger partial charge in [-0.15, -0.1) is 0 Å². The highest BCUT2D eigenvalue weighted by Gasteiger charge is 2.43. The van der Waals surface area contributed by atoms with Gasteiger partial charge < -0.3 is 14.3 Å². The van der Waals surface area contributed by atoms with E-state index in [0.717, 1.165) is 19.3 Å². The van der Waals surface area contributed by atoms with Crippen molar-refractivity contribution in [1.29, 1.82) is 0 Å². The molecule has 0 aromatic heterocycles. The molecule has 1 spiro atoms. The lowest BCUT2D eigenvalue weighted by molar-refractivity contribution is -0.195. The molecule has 1 heterocycles. The summed E-state index contributed by atoms with van der Waals surface area (Å²) in [5.74, 6) is 3.80. The zero-order valence-electron chi connectivity index (χ0n) is 8.03. The van der Waals surface area contributed by atoms with Gasteiger partial charge in [-0.1, -0.05) is 0 Å². The first kappa shape index (κ1) is 9.89. The van der Waals surface area contributed by atoms with Crippen molar-refractivity contribution < 1.29 is 19.1 Å². The van der Waals surface area contributed by atoms with Crippen LogP contribution >= 0.6 is 0 Å². The molecule has 2 rings (SSSR count). The Bertz CT molecular complexity index is 225. The minimum atomic E-state index is -0.531. The fourth-order valence-corrected chi connectivity index (χ4v) is 2.25. The minimum absolute atomic E-state index is 0.174. The number of hydrogen-bond donors (Lipinski definition) is 1. The minimum Gasteiger partial charge on any atom is -0.373 e. The zero-order valence-corrected chi connectivity index (χ0v) is 8.03. The summed E-state index contributed by atoms with van der Waals surface area (Å²) < 4.78 is 11.1. The molecule has 1 aliphatic heterocycles. The summed E-state index contributed by atoms with van der Waals surface area (Å²) in [6.07, 6.45) is 3.16. The highest BCUT2D eigenvalue weighted by atomic mass is 16.7. The third-order valence-electron chi connectivity index (χ3n) is 2.93. The van der Waals surface area contributed by atoms with Crippen molar-refractivity contribution in [3.8, 4) is 0 Å². The van der Waals surface area contributed by atoms with Crippen LogP contribution in [-0.4, -0.2) is 25.0 Å². The van der Waals surface area contributed by atoms with Crippen LogP contribution in [0.3, 0.4) is 0 Å². The Morgan fingerprint density at radius 1 is 1.43 bits per heavy atom. The predicted molar refractivity (Wildman–Crippen MR) is 46.9 cm³/mol. The van der Waals surface area contributed by atoms with Gasteiger partial charge in [-0.25, -0.2) is 0 Å². The van der Waals surface area contributed by atoms with Crippen LogP contribution in [0.25, 0.3) is 0 Å². The van der Waals surface area contributed by atoms with E-state index in [1.54, 1.807) is 0 Å². The normalized spacial score (nSPS) is 30.5. The fraction of sp³-hybridized carbons (Fsp3) is 0.889. The standard InChI is InChI=1S/C9H15NO4/c10-14-8(11)7-2-1-3-9(6-7)12-4-5-13-9/h7H,1-6,10H2/t7-/m0/s1. The molecule has 5 nitrogen and oxygen atoms in total. The number of rotatable bonds is 1. The van der Waals surface area contributed by atoms with E-state index in [2.05, 4.69) is 4.84 Å². The van der Waals surface area contributed by atoms with Crippen molar-refractivity contribution in [3.05, 3.63) is 0 Å². The number of carbonyl (C=O) groups excluding carboxylic acids is 1. The van der Waals surface area contributed by atoms with Crippen LogP contribution in [0.2, 0.25) is 0 Å². The van der Waals surface area contributed by atoms with Crippen molar-refractivity contribution in [3.63, 3.8) is 0 Å². The van der Waals surface area contributed by atoms with Gasteiger partial charge in [0, 0.05) is 12.8 Å². The average molecular weight is 201 g/mol. The van der Waals surface area contributed by atoms with Crippen LogP contribution in [0.1, 0.15) is 25.7 Å². The lowest BCUT2D eigenvalue weighted by atomic mass is 9.85. The van der Waals surface area contributed by atoms with Crippen LogP contribution in [0, 0.1) is 5.92 Å². The maximum absolute atomic E-state index is 11.2. The molecule has 14 heavy (non-hydrogen) atoms. The van der Waals surface area contributed by atoms with Crippen molar-refractivity contribution >= 4 is 5.97 Å². The molecule has 1 atom stereocenters. The first-order valence-electron chi connectivity index (χ1n) is 4.94. The lowest BCUT2D eigenvalue weighted by Gasteiger charge is -2.34. The third-order valence-corrected chi connectivity index (χ3v) is 2.93. The summed E-state index contributed by atoms with van der Waals surface area (Å²) in [5.41, 5.74) is 0. The van der Waals surface area contributed by atoms with E-state index in [1.165, 1.54) is 0 Å².